The van der Waals surface area contributed by atoms with Crippen molar-refractivity contribution in [1.82, 2.24) is 0 Å². The average molecular weight is 351 g/mol. The predicted molar refractivity (Wildman–Crippen MR) is 101 cm³/mol. The van der Waals surface area contributed by atoms with Gasteiger partial charge in [-0.1, -0.05) is 24.3 Å². The fourth-order valence-electron chi connectivity index (χ4n) is 3.01. The maximum atomic E-state index is 12.6. The number of anilines is 3. The number of benzene rings is 2. The van der Waals surface area contributed by atoms with Crippen molar-refractivity contribution in [2.45, 2.75) is 20.3 Å². The number of rotatable bonds is 4. The maximum Gasteiger partial charge on any atom is 0.229 e. The number of aryl methyl sites for hydroxylation is 1. The van der Waals surface area contributed by atoms with E-state index in [1.807, 2.05) is 43.3 Å². The first-order valence-corrected chi connectivity index (χ1v) is 8.48. The van der Waals surface area contributed by atoms with Gasteiger partial charge < -0.3 is 15.5 Å². The van der Waals surface area contributed by atoms with Gasteiger partial charge in [-0.2, -0.15) is 0 Å². The molecule has 6 heteroatoms. The highest BCUT2D eigenvalue weighted by Gasteiger charge is 2.35. The van der Waals surface area contributed by atoms with Crippen LogP contribution in [0.3, 0.4) is 0 Å². The van der Waals surface area contributed by atoms with Crippen LogP contribution in [-0.4, -0.2) is 24.3 Å². The summed E-state index contributed by atoms with van der Waals surface area (Å²) in [6.45, 7) is 3.67. The van der Waals surface area contributed by atoms with Gasteiger partial charge in [0, 0.05) is 37.0 Å². The Kier molecular flexibility index (Phi) is 5.02. The zero-order chi connectivity index (χ0) is 18.7. The highest BCUT2D eigenvalue weighted by molar-refractivity contribution is 6.04. The summed E-state index contributed by atoms with van der Waals surface area (Å²) in [6.07, 6.45) is 0.186. The molecule has 1 atom stereocenters. The molecule has 1 aliphatic heterocycles. The Morgan fingerprint density at radius 3 is 2.50 bits per heavy atom. The minimum atomic E-state index is -0.411. The molecule has 1 fully saturated rings. The van der Waals surface area contributed by atoms with E-state index in [0.29, 0.717) is 17.9 Å². The van der Waals surface area contributed by atoms with E-state index in [1.54, 1.807) is 17.0 Å². The molecule has 0 spiro atoms. The molecule has 2 aromatic carbocycles. The maximum absolute atomic E-state index is 12.6. The molecule has 0 bridgehead atoms. The van der Waals surface area contributed by atoms with E-state index in [2.05, 4.69) is 10.6 Å². The minimum Gasteiger partial charge on any atom is -0.326 e. The molecule has 1 aliphatic rings. The van der Waals surface area contributed by atoms with Crippen LogP contribution in [0.1, 0.15) is 18.9 Å². The second kappa shape index (κ2) is 7.39. The van der Waals surface area contributed by atoms with Crippen LogP contribution in [0.5, 0.6) is 0 Å². The number of hydrogen-bond donors (Lipinski definition) is 2. The lowest BCUT2D eigenvalue weighted by atomic mass is 10.1. The van der Waals surface area contributed by atoms with Crippen molar-refractivity contribution >= 4 is 34.8 Å². The van der Waals surface area contributed by atoms with Crippen molar-refractivity contribution in [3.05, 3.63) is 54.1 Å². The highest BCUT2D eigenvalue weighted by atomic mass is 16.2. The lowest BCUT2D eigenvalue weighted by molar-refractivity contribution is -0.122. The summed E-state index contributed by atoms with van der Waals surface area (Å²) in [5, 5.41) is 5.59. The van der Waals surface area contributed by atoms with Crippen molar-refractivity contribution in [2.75, 3.05) is 22.1 Å². The van der Waals surface area contributed by atoms with Crippen LogP contribution in [0.4, 0.5) is 17.1 Å². The molecule has 134 valence electrons. The number of para-hydroxylation sites is 1. The molecule has 2 aromatic rings. The summed E-state index contributed by atoms with van der Waals surface area (Å²) in [4.78, 5) is 37.8. The van der Waals surface area contributed by atoms with Gasteiger partial charge in [0.25, 0.3) is 0 Å². The lowest BCUT2D eigenvalue weighted by Gasteiger charge is -2.17. The number of hydrogen-bond acceptors (Lipinski definition) is 3. The van der Waals surface area contributed by atoms with Gasteiger partial charge in [-0.05, 0) is 36.8 Å². The summed E-state index contributed by atoms with van der Waals surface area (Å²) >= 11 is 0. The van der Waals surface area contributed by atoms with Crippen molar-refractivity contribution < 1.29 is 14.4 Å². The molecule has 0 aliphatic carbocycles. The summed E-state index contributed by atoms with van der Waals surface area (Å²) in [5.74, 6) is -0.836. The van der Waals surface area contributed by atoms with Gasteiger partial charge in [0.15, 0.2) is 0 Å². The van der Waals surface area contributed by atoms with Crippen molar-refractivity contribution in [3.8, 4) is 0 Å². The molecule has 6 nitrogen and oxygen atoms in total. The largest absolute Gasteiger partial charge is 0.326 e. The van der Waals surface area contributed by atoms with Crippen molar-refractivity contribution in [1.29, 1.82) is 0 Å². The van der Waals surface area contributed by atoms with E-state index in [4.69, 9.17) is 0 Å². The normalized spacial score (nSPS) is 16.5. The zero-order valence-electron chi connectivity index (χ0n) is 14.8. The number of carbonyl (C=O) groups is 3. The second-order valence-electron chi connectivity index (χ2n) is 6.44. The summed E-state index contributed by atoms with van der Waals surface area (Å²) < 4.78 is 0. The van der Waals surface area contributed by atoms with E-state index < -0.39 is 5.92 Å². The van der Waals surface area contributed by atoms with E-state index in [0.717, 1.165) is 11.3 Å². The van der Waals surface area contributed by atoms with E-state index in [1.165, 1.54) is 6.92 Å². The topological polar surface area (TPSA) is 78.5 Å². The Labute approximate surface area is 152 Å². The number of nitrogens with zero attached hydrogens (tertiary/aromatic N) is 1. The minimum absolute atomic E-state index is 0.0555. The molecule has 3 rings (SSSR count). The number of carbonyl (C=O) groups excluding carboxylic acids is 3. The third kappa shape index (κ3) is 3.91. The molecule has 1 unspecified atom stereocenters. The third-order valence-corrected chi connectivity index (χ3v) is 4.38. The molecule has 2 N–H and O–H groups in total. The fraction of sp³-hybridized carbons (Fsp3) is 0.250. The number of nitrogens with one attached hydrogen (secondary N) is 2. The van der Waals surface area contributed by atoms with Crippen LogP contribution in [-0.2, 0) is 14.4 Å². The first-order valence-electron chi connectivity index (χ1n) is 8.48. The van der Waals surface area contributed by atoms with Crippen LogP contribution >= 0.6 is 0 Å². The molecule has 26 heavy (non-hydrogen) atoms. The highest BCUT2D eigenvalue weighted by Crippen LogP contribution is 2.27. The Bertz CT molecular complexity index is 849. The quantitative estimate of drug-likeness (QED) is 0.889. The van der Waals surface area contributed by atoms with Crippen molar-refractivity contribution in [3.63, 3.8) is 0 Å². The molecule has 1 saturated heterocycles. The summed E-state index contributed by atoms with van der Waals surface area (Å²) in [5.41, 5.74) is 2.94. The van der Waals surface area contributed by atoms with Gasteiger partial charge in [-0.25, -0.2) is 0 Å². The summed E-state index contributed by atoms with van der Waals surface area (Å²) in [6, 6.07) is 14.7. The molecule has 1 heterocycles. The van der Waals surface area contributed by atoms with Crippen LogP contribution in [0.15, 0.2) is 48.5 Å². The Hall–Kier alpha value is -3.15. The van der Waals surface area contributed by atoms with E-state index in [-0.39, 0.29) is 24.1 Å². The Morgan fingerprint density at radius 1 is 1.08 bits per heavy atom. The van der Waals surface area contributed by atoms with Crippen LogP contribution < -0.4 is 15.5 Å². The average Bonchev–Trinajstić information content (AvgIpc) is 3.00. The summed E-state index contributed by atoms with van der Waals surface area (Å²) in [7, 11) is 0. The lowest BCUT2D eigenvalue weighted by Crippen LogP contribution is -2.28. The van der Waals surface area contributed by atoms with Gasteiger partial charge >= 0.3 is 0 Å². The van der Waals surface area contributed by atoms with Crippen LogP contribution in [0.25, 0.3) is 0 Å². The monoisotopic (exact) mass is 351 g/mol. The predicted octanol–water partition coefficient (Wildman–Crippen LogP) is 2.95. The SMILES string of the molecule is CC(=O)Nc1ccc(C)c(NC(=O)C2CC(=O)N(c3ccccc3)C2)c1. The van der Waals surface area contributed by atoms with Crippen LogP contribution in [0, 0.1) is 12.8 Å². The third-order valence-electron chi connectivity index (χ3n) is 4.38. The van der Waals surface area contributed by atoms with Crippen molar-refractivity contribution in [2.24, 2.45) is 5.92 Å². The van der Waals surface area contributed by atoms with Gasteiger partial charge in [0.2, 0.25) is 17.7 Å². The van der Waals surface area contributed by atoms with Gasteiger partial charge in [-0.15, -0.1) is 0 Å². The molecular formula is C20H21N3O3. The zero-order valence-corrected chi connectivity index (χ0v) is 14.8. The molecule has 3 amide bonds. The first kappa shape index (κ1) is 17.7. The fourth-order valence-corrected chi connectivity index (χ4v) is 3.01. The molecule has 0 radical (unpaired) electrons. The smallest absolute Gasteiger partial charge is 0.229 e. The Morgan fingerprint density at radius 2 is 1.81 bits per heavy atom. The molecular weight excluding hydrogens is 330 g/mol. The molecule has 0 saturated carbocycles. The van der Waals surface area contributed by atoms with Gasteiger partial charge in [0.1, 0.15) is 0 Å². The molecule has 0 aromatic heterocycles. The van der Waals surface area contributed by atoms with E-state index >= 15 is 0 Å². The van der Waals surface area contributed by atoms with Gasteiger partial charge in [-0.3, -0.25) is 14.4 Å². The van der Waals surface area contributed by atoms with Gasteiger partial charge in [0.05, 0.1) is 5.92 Å². The second-order valence-corrected chi connectivity index (χ2v) is 6.44. The Balaban J connectivity index is 1.71. The van der Waals surface area contributed by atoms with E-state index in [9.17, 15) is 14.4 Å². The standard InChI is InChI=1S/C20H21N3O3/c1-13-8-9-16(21-14(2)24)11-18(13)22-20(26)15-10-19(25)23(12-15)17-6-4-3-5-7-17/h3-9,11,15H,10,12H2,1-2H3,(H,21,24)(H,22,26). The number of amides is 3. The first-order chi connectivity index (χ1) is 12.4. The van der Waals surface area contributed by atoms with Crippen LogP contribution in [0.2, 0.25) is 0 Å².